The van der Waals surface area contributed by atoms with E-state index >= 15 is 0 Å². The van der Waals surface area contributed by atoms with E-state index in [9.17, 15) is 14.7 Å². The third kappa shape index (κ3) is 3.68. The fraction of sp³-hybridized carbons (Fsp3) is 0.0833. The fourth-order valence-corrected chi connectivity index (χ4v) is 3.37. The van der Waals surface area contributed by atoms with Gasteiger partial charge in [-0.25, -0.2) is 9.69 Å². The van der Waals surface area contributed by atoms with Crippen LogP contribution in [0.3, 0.4) is 0 Å². The maximum atomic E-state index is 13.2. The van der Waals surface area contributed by atoms with Crippen LogP contribution in [-0.4, -0.2) is 28.2 Å². The number of hydrogen-bond donors (Lipinski definition) is 1. The lowest BCUT2D eigenvalue weighted by atomic mass is 9.96. The van der Waals surface area contributed by atoms with E-state index in [1.807, 2.05) is 54.6 Å². The van der Waals surface area contributed by atoms with E-state index in [1.165, 1.54) is 0 Å². The van der Waals surface area contributed by atoms with Crippen LogP contribution in [0.4, 0.5) is 4.79 Å². The molecule has 0 bridgehead atoms. The predicted molar refractivity (Wildman–Crippen MR) is 109 cm³/mol. The van der Waals surface area contributed by atoms with Gasteiger partial charge in [-0.1, -0.05) is 91.0 Å². The van der Waals surface area contributed by atoms with Gasteiger partial charge in [-0.05, 0) is 16.7 Å². The molecule has 3 aromatic carbocycles. The molecule has 3 aromatic rings. The molecular weight excluding hydrogens is 366 g/mol. The second kappa shape index (κ2) is 8.12. The van der Waals surface area contributed by atoms with Crippen LogP contribution in [0.1, 0.15) is 16.7 Å². The first-order chi connectivity index (χ1) is 14.2. The van der Waals surface area contributed by atoms with E-state index in [4.69, 9.17) is 4.74 Å². The fourth-order valence-electron chi connectivity index (χ4n) is 3.37. The first kappa shape index (κ1) is 18.7. The first-order valence-electron chi connectivity index (χ1n) is 9.24. The number of carbonyl (C=O) groups excluding carboxylic acids is 2. The second-order valence-electron chi connectivity index (χ2n) is 6.61. The Labute approximate surface area is 168 Å². The van der Waals surface area contributed by atoms with Crippen molar-refractivity contribution in [1.82, 2.24) is 4.90 Å². The molecule has 0 saturated carbocycles. The normalized spacial score (nSPS) is 16.2. The maximum Gasteiger partial charge on any atom is 0.419 e. The summed E-state index contributed by atoms with van der Waals surface area (Å²) in [6.45, 7) is 0.0114. The Hall–Kier alpha value is -3.70. The summed E-state index contributed by atoms with van der Waals surface area (Å²) >= 11 is 0. The van der Waals surface area contributed by atoms with E-state index in [0.29, 0.717) is 22.3 Å². The molecule has 1 heterocycles. The highest BCUT2D eigenvalue weighted by molar-refractivity contribution is 6.33. The highest BCUT2D eigenvalue weighted by atomic mass is 16.6. The van der Waals surface area contributed by atoms with Crippen LogP contribution in [0.15, 0.2) is 91.0 Å². The van der Waals surface area contributed by atoms with Crippen LogP contribution in [-0.2, 0) is 16.1 Å². The topological polar surface area (TPSA) is 66.8 Å². The van der Waals surface area contributed by atoms with Gasteiger partial charge < -0.3 is 9.84 Å². The number of hydrogen-bond acceptors (Lipinski definition) is 4. The number of aliphatic hydroxyl groups is 1. The molecule has 4 rings (SSSR count). The SMILES string of the molecule is O=C(OCc1ccccc1)N1C(=O)C(c2ccccc2)=C(c2ccccc2)C1O. The van der Waals surface area contributed by atoms with E-state index in [-0.39, 0.29) is 6.61 Å². The van der Waals surface area contributed by atoms with Gasteiger partial charge in [0.05, 0.1) is 5.57 Å². The Bertz CT molecular complexity index is 1050. The van der Waals surface area contributed by atoms with Crippen LogP contribution in [0.2, 0.25) is 0 Å². The highest BCUT2D eigenvalue weighted by Gasteiger charge is 2.43. The van der Waals surface area contributed by atoms with E-state index in [0.717, 1.165) is 10.5 Å². The molecule has 0 aliphatic carbocycles. The molecule has 0 fully saturated rings. The maximum absolute atomic E-state index is 13.2. The minimum absolute atomic E-state index is 0.0114. The predicted octanol–water partition coefficient (Wildman–Crippen LogP) is 4.09. The van der Waals surface area contributed by atoms with Gasteiger partial charge >= 0.3 is 6.09 Å². The van der Waals surface area contributed by atoms with Crippen molar-refractivity contribution in [3.63, 3.8) is 0 Å². The summed E-state index contributed by atoms with van der Waals surface area (Å²) in [5.74, 6) is -0.583. The number of rotatable bonds is 4. The Morgan fingerprint density at radius 3 is 1.93 bits per heavy atom. The molecule has 0 spiro atoms. The number of benzene rings is 3. The van der Waals surface area contributed by atoms with Crippen molar-refractivity contribution in [2.24, 2.45) is 0 Å². The summed E-state index contributed by atoms with van der Waals surface area (Å²) in [6, 6.07) is 27.3. The summed E-state index contributed by atoms with van der Waals surface area (Å²) in [6.07, 6.45) is -2.31. The minimum Gasteiger partial charge on any atom is -0.444 e. The number of nitrogens with zero attached hydrogens (tertiary/aromatic N) is 1. The first-order valence-corrected chi connectivity index (χ1v) is 9.24. The Morgan fingerprint density at radius 1 is 0.828 bits per heavy atom. The average molecular weight is 385 g/mol. The largest absolute Gasteiger partial charge is 0.444 e. The van der Waals surface area contributed by atoms with Crippen LogP contribution >= 0.6 is 0 Å². The summed E-state index contributed by atoms with van der Waals surface area (Å²) in [5, 5.41) is 10.9. The van der Waals surface area contributed by atoms with Gasteiger partial charge in [-0.2, -0.15) is 0 Å². The molecule has 5 nitrogen and oxygen atoms in total. The Kier molecular flexibility index (Phi) is 5.22. The molecule has 5 heteroatoms. The van der Waals surface area contributed by atoms with Crippen LogP contribution in [0.5, 0.6) is 0 Å². The number of ether oxygens (including phenoxy) is 1. The van der Waals surface area contributed by atoms with E-state index < -0.39 is 18.2 Å². The molecule has 1 unspecified atom stereocenters. The van der Waals surface area contributed by atoms with Crippen molar-refractivity contribution in [2.75, 3.05) is 0 Å². The number of carbonyl (C=O) groups is 2. The van der Waals surface area contributed by atoms with Crippen LogP contribution in [0, 0.1) is 0 Å². The van der Waals surface area contributed by atoms with Crippen molar-refractivity contribution in [3.05, 3.63) is 108 Å². The zero-order valence-corrected chi connectivity index (χ0v) is 15.6. The van der Waals surface area contributed by atoms with Crippen molar-refractivity contribution in [1.29, 1.82) is 0 Å². The number of aliphatic hydroxyl groups excluding tert-OH is 1. The molecule has 1 aliphatic rings. The van der Waals surface area contributed by atoms with Gasteiger partial charge in [-0.15, -0.1) is 0 Å². The van der Waals surface area contributed by atoms with Crippen molar-refractivity contribution in [2.45, 2.75) is 12.8 Å². The standard InChI is InChI=1S/C24H19NO4/c26-22-20(18-12-6-2-7-13-18)21(19-14-8-3-9-15-19)23(27)25(22)24(28)29-16-17-10-4-1-5-11-17/h1-15,22,26H,16H2. The second-order valence-corrected chi connectivity index (χ2v) is 6.61. The molecule has 144 valence electrons. The number of amides is 2. The smallest absolute Gasteiger partial charge is 0.419 e. The zero-order chi connectivity index (χ0) is 20.2. The van der Waals surface area contributed by atoms with Crippen LogP contribution < -0.4 is 0 Å². The molecule has 1 aliphatic heterocycles. The minimum atomic E-state index is -1.43. The van der Waals surface area contributed by atoms with Crippen LogP contribution in [0.25, 0.3) is 11.1 Å². The molecule has 0 radical (unpaired) electrons. The zero-order valence-electron chi connectivity index (χ0n) is 15.6. The third-order valence-corrected chi connectivity index (χ3v) is 4.75. The number of imide groups is 1. The Balaban J connectivity index is 1.67. The molecule has 1 N–H and O–H groups in total. The molecule has 0 saturated heterocycles. The van der Waals surface area contributed by atoms with Gasteiger partial charge in [0, 0.05) is 5.57 Å². The Morgan fingerprint density at radius 2 is 1.34 bits per heavy atom. The summed E-state index contributed by atoms with van der Waals surface area (Å²) < 4.78 is 5.30. The summed E-state index contributed by atoms with van der Waals surface area (Å²) in [7, 11) is 0. The van der Waals surface area contributed by atoms with Crippen molar-refractivity contribution < 1.29 is 19.4 Å². The summed E-state index contributed by atoms with van der Waals surface area (Å²) in [4.78, 5) is 26.6. The third-order valence-electron chi connectivity index (χ3n) is 4.75. The molecule has 0 aromatic heterocycles. The van der Waals surface area contributed by atoms with Gasteiger partial charge in [-0.3, -0.25) is 4.79 Å². The molecule has 2 amide bonds. The molecule has 29 heavy (non-hydrogen) atoms. The van der Waals surface area contributed by atoms with Gasteiger partial charge in [0.2, 0.25) is 0 Å². The molecule has 1 atom stereocenters. The van der Waals surface area contributed by atoms with Crippen molar-refractivity contribution in [3.8, 4) is 0 Å². The van der Waals surface area contributed by atoms with Crippen molar-refractivity contribution >= 4 is 23.1 Å². The molecular formula is C24H19NO4. The van der Waals surface area contributed by atoms with Gasteiger partial charge in [0.25, 0.3) is 5.91 Å². The van der Waals surface area contributed by atoms with Gasteiger partial charge in [0.15, 0.2) is 6.23 Å². The quantitative estimate of drug-likeness (QED) is 0.734. The van der Waals surface area contributed by atoms with E-state index in [1.54, 1.807) is 36.4 Å². The van der Waals surface area contributed by atoms with E-state index in [2.05, 4.69) is 0 Å². The summed E-state index contributed by atoms with van der Waals surface area (Å²) in [5.41, 5.74) is 2.78. The average Bonchev–Trinajstić information content (AvgIpc) is 3.04. The lowest BCUT2D eigenvalue weighted by molar-refractivity contribution is -0.127. The van der Waals surface area contributed by atoms with Gasteiger partial charge in [0.1, 0.15) is 6.61 Å². The highest BCUT2D eigenvalue weighted by Crippen LogP contribution is 2.38. The lowest BCUT2D eigenvalue weighted by Gasteiger charge is -2.20. The monoisotopic (exact) mass is 385 g/mol. The lowest BCUT2D eigenvalue weighted by Crippen LogP contribution is -2.40.